The van der Waals surface area contributed by atoms with Gasteiger partial charge in [-0.05, 0) is 61.6 Å². The molecule has 3 rings (SSSR count). The van der Waals surface area contributed by atoms with E-state index in [2.05, 4.69) is 5.32 Å². The molecule has 0 radical (unpaired) electrons. The molecule has 0 heterocycles. The minimum atomic E-state index is -3.86. The van der Waals surface area contributed by atoms with Crippen LogP contribution in [0.15, 0.2) is 42.5 Å². The number of rotatable bonds is 12. The molecule has 0 spiro atoms. The molecule has 2 aromatic carbocycles. The van der Waals surface area contributed by atoms with Gasteiger partial charge in [0.05, 0.1) is 26.2 Å². The van der Waals surface area contributed by atoms with Crippen molar-refractivity contribution in [3.63, 3.8) is 0 Å². The number of sulfonamides is 1. The minimum absolute atomic E-state index is 0.0959. The van der Waals surface area contributed by atoms with Crippen LogP contribution >= 0.6 is 0 Å². The second-order valence-electron chi connectivity index (χ2n) is 9.73. The maximum atomic E-state index is 13.9. The summed E-state index contributed by atoms with van der Waals surface area (Å²) in [5.41, 5.74) is 1.89. The smallest absolute Gasteiger partial charge is 0.244 e. The normalized spacial score (nSPS) is 14.6. The van der Waals surface area contributed by atoms with E-state index in [1.165, 1.54) is 12.0 Å². The lowest BCUT2D eigenvalue weighted by Gasteiger charge is -2.33. The highest BCUT2D eigenvalue weighted by Gasteiger charge is 2.33. The molecule has 1 aliphatic carbocycles. The van der Waals surface area contributed by atoms with Crippen LogP contribution in [0.4, 0.5) is 5.69 Å². The molecule has 0 bridgehead atoms. The van der Waals surface area contributed by atoms with E-state index in [-0.39, 0.29) is 24.2 Å². The summed E-state index contributed by atoms with van der Waals surface area (Å²) in [7, 11) is -0.835. The number of aryl methyl sites for hydroxylation is 1. The number of ether oxygens (including phenoxy) is 2. The van der Waals surface area contributed by atoms with Crippen molar-refractivity contribution in [1.29, 1.82) is 0 Å². The van der Waals surface area contributed by atoms with Gasteiger partial charge < -0.3 is 19.7 Å². The SMILES string of the molecule is CCC(C(=O)NC1CCCC1)N(Cc1ccc(OC)cc1)C(=O)CN(c1cc(C)ccc1OC)S(C)(=O)=O. The Labute approximate surface area is 226 Å². The van der Waals surface area contributed by atoms with Crippen LogP contribution in [-0.4, -0.2) is 64.2 Å². The van der Waals surface area contributed by atoms with Crippen molar-refractivity contribution in [3.05, 3.63) is 53.6 Å². The fourth-order valence-corrected chi connectivity index (χ4v) is 5.65. The van der Waals surface area contributed by atoms with E-state index in [0.717, 1.165) is 47.4 Å². The lowest BCUT2D eigenvalue weighted by atomic mass is 10.1. The van der Waals surface area contributed by atoms with Crippen LogP contribution in [0.5, 0.6) is 11.5 Å². The van der Waals surface area contributed by atoms with Crippen LogP contribution in [0.25, 0.3) is 0 Å². The highest BCUT2D eigenvalue weighted by molar-refractivity contribution is 7.92. The van der Waals surface area contributed by atoms with Crippen LogP contribution < -0.4 is 19.1 Å². The average Bonchev–Trinajstić information content (AvgIpc) is 3.39. The molecule has 0 aromatic heterocycles. The summed E-state index contributed by atoms with van der Waals surface area (Å²) in [4.78, 5) is 28.8. The Bertz CT molecular complexity index is 1210. The zero-order valence-electron chi connectivity index (χ0n) is 22.9. The molecule has 1 saturated carbocycles. The van der Waals surface area contributed by atoms with Gasteiger partial charge in [0.1, 0.15) is 24.1 Å². The highest BCUT2D eigenvalue weighted by Crippen LogP contribution is 2.31. The number of nitrogens with one attached hydrogen (secondary N) is 1. The molecule has 208 valence electrons. The van der Waals surface area contributed by atoms with Crippen LogP contribution in [0.2, 0.25) is 0 Å². The first-order chi connectivity index (χ1) is 18.1. The number of hydrogen-bond donors (Lipinski definition) is 1. The summed E-state index contributed by atoms with van der Waals surface area (Å²) < 4.78 is 37.5. The molecule has 1 fully saturated rings. The van der Waals surface area contributed by atoms with Gasteiger partial charge in [-0.25, -0.2) is 8.42 Å². The Morgan fingerprint density at radius 2 is 1.71 bits per heavy atom. The monoisotopic (exact) mass is 545 g/mol. The van der Waals surface area contributed by atoms with Crippen LogP contribution in [0.3, 0.4) is 0 Å². The number of carbonyl (C=O) groups is 2. The van der Waals surface area contributed by atoms with E-state index in [1.807, 2.05) is 26.0 Å². The molecular weight excluding hydrogens is 506 g/mol. The lowest BCUT2D eigenvalue weighted by molar-refractivity contribution is -0.140. The van der Waals surface area contributed by atoms with Gasteiger partial charge in [-0.1, -0.05) is 38.0 Å². The fourth-order valence-electron chi connectivity index (χ4n) is 4.80. The lowest BCUT2D eigenvalue weighted by Crippen LogP contribution is -2.53. The van der Waals surface area contributed by atoms with Gasteiger partial charge in [-0.15, -0.1) is 0 Å². The second-order valence-corrected chi connectivity index (χ2v) is 11.6. The molecule has 1 aliphatic rings. The molecule has 10 heteroatoms. The summed E-state index contributed by atoms with van der Waals surface area (Å²) in [6.45, 7) is 3.36. The summed E-state index contributed by atoms with van der Waals surface area (Å²) in [6, 6.07) is 11.7. The number of hydrogen-bond acceptors (Lipinski definition) is 6. The van der Waals surface area contributed by atoms with Crippen LogP contribution in [0, 0.1) is 6.92 Å². The largest absolute Gasteiger partial charge is 0.497 e. The zero-order chi connectivity index (χ0) is 27.9. The molecule has 1 atom stereocenters. The van der Waals surface area contributed by atoms with Crippen molar-refractivity contribution in [2.45, 2.75) is 64.6 Å². The number of amides is 2. The van der Waals surface area contributed by atoms with E-state index >= 15 is 0 Å². The Morgan fingerprint density at radius 1 is 1.05 bits per heavy atom. The predicted molar refractivity (Wildman–Crippen MR) is 148 cm³/mol. The predicted octanol–water partition coefficient (Wildman–Crippen LogP) is 3.64. The highest BCUT2D eigenvalue weighted by atomic mass is 32.2. The summed E-state index contributed by atoms with van der Waals surface area (Å²) in [5.74, 6) is 0.303. The van der Waals surface area contributed by atoms with Gasteiger partial charge in [0, 0.05) is 12.6 Å². The molecule has 9 nitrogen and oxygen atoms in total. The zero-order valence-corrected chi connectivity index (χ0v) is 23.7. The Morgan fingerprint density at radius 3 is 2.26 bits per heavy atom. The van der Waals surface area contributed by atoms with Crippen LogP contribution in [-0.2, 0) is 26.2 Å². The maximum absolute atomic E-state index is 13.9. The third-order valence-electron chi connectivity index (χ3n) is 6.88. The number of benzene rings is 2. The van der Waals surface area contributed by atoms with Gasteiger partial charge in [0.2, 0.25) is 21.8 Å². The van der Waals surface area contributed by atoms with Crippen molar-refractivity contribution in [1.82, 2.24) is 10.2 Å². The van der Waals surface area contributed by atoms with Gasteiger partial charge in [0.15, 0.2) is 0 Å². The maximum Gasteiger partial charge on any atom is 0.244 e. The van der Waals surface area contributed by atoms with Crippen molar-refractivity contribution in [2.24, 2.45) is 0 Å². The molecular formula is C28H39N3O6S. The standard InChI is InChI=1S/C28H39N3O6S/c1-6-24(28(33)29-22-9-7-8-10-22)30(18-21-12-14-23(36-3)15-13-21)27(32)19-31(38(5,34)35)25-17-20(2)11-16-26(25)37-4/h11-17,22,24H,6-10,18-19H2,1-5H3,(H,29,33). The summed E-state index contributed by atoms with van der Waals surface area (Å²) in [5, 5.41) is 3.11. The fraction of sp³-hybridized carbons (Fsp3) is 0.500. The van der Waals surface area contributed by atoms with Crippen LogP contribution in [0.1, 0.15) is 50.2 Å². The molecule has 0 aliphatic heterocycles. The molecule has 0 saturated heterocycles. The Hall–Kier alpha value is -3.27. The van der Waals surface area contributed by atoms with E-state index in [0.29, 0.717) is 17.9 Å². The number of carbonyl (C=O) groups excluding carboxylic acids is 2. The molecule has 2 amide bonds. The third kappa shape index (κ3) is 7.40. The van der Waals surface area contributed by atoms with E-state index < -0.39 is 28.5 Å². The van der Waals surface area contributed by atoms with E-state index in [4.69, 9.17) is 9.47 Å². The minimum Gasteiger partial charge on any atom is -0.497 e. The van der Waals surface area contributed by atoms with Crippen molar-refractivity contribution >= 4 is 27.5 Å². The quantitative estimate of drug-likeness (QED) is 0.437. The number of anilines is 1. The Balaban J connectivity index is 1.96. The third-order valence-corrected chi connectivity index (χ3v) is 8.01. The molecule has 2 aromatic rings. The first-order valence-corrected chi connectivity index (χ1v) is 14.8. The van der Waals surface area contributed by atoms with Crippen molar-refractivity contribution < 1.29 is 27.5 Å². The summed E-state index contributed by atoms with van der Waals surface area (Å²) >= 11 is 0. The first-order valence-electron chi connectivity index (χ1n) is 12.9. The topological polar surface area (TPSA) is 105 Å². The number of methoxy groups -OCH3 is 2. The Kier molecular flexibility index (Phi) is 10.0. The molecule has 38 heavy (non-hydrogen) atoms. The van der Waals surface area contributed by atoms with Gasteiger partial charge >= 0.3 is 0 Å². The van der Waals surface area contributed by atoms with Gasteiger partial charge in [-0.2, -0.15) is 0 Å². The van der Waals surface area contributed by atoms with Gasteiger partial charge in [0.25, 0.3) is 0 Å². The van der Waals surface area contributed by atoms with Gasteiger partial charge in [-0.3, -0.25) is 13.9 Å². The second kappa shape index (κ2) is 13.0. The average molecular weight is 546 g/mol. The van der Waals surface area contributed by atoms with E-state index in [9.17, 15) is 18.0 Å². The van der Waals surface area contributed by atoms with Crippen molar-refractivity contribution in [3.8, 4) is 11.5 Å². The summed E-state index contributed by atoms with van der Waals surface area (Å²) in [6.07, 6.45) is 5.41. The van der Waals surface area contributed by atoms with E-state index in [1.54, 1.807) is 37.4 Å². The molecule has 1 N–H and O–H groups in total. The number of nitrogens with zero attached hydrogens (tertiary/aromatic N) is 2. The molecule has 1 unspecified atom stereocenters. The van der Waals surface area contributed by atoms with Crippen molar-refractivity contribution in [2.75, 3.05) is 31.3 Å². The first kappa shape index (κ1) is 29.3.